The third-order valence-corrected chi connectivity index (χ3v) is 5.77. The SMILES string of the molecule is CC#CCC[C@H](O)/C=C/[C@@H]1[C@H]2C[C@H](CCCCC(=O)OC)O[C@H]2C[C@H]1OC(C)=O. The van der Waals surface area contributed by atoms with Gasteiger partial charge in [0.15, 0.2) is 0 Å². The van der Waals surface area contributed by atoms with Crippen LogP contribution in [0.2, 0.25) is 0 Å². The molecule has 2 fully saturated rings. The first-order valence-corrected chi connectivity index (χ1v) is 10.6. The van der Waals surface area contributed by atoms with Crippen LogP contribution >= 0.6 is 0 Å². The second-order valence-electron chi connectivity index (χ2n) is 7.90. The van der Waals surface area contributed by atoms with E-state index in [1.165, 1.54) is 14.0 Å². The topological polar surface area (TPSA) is 82.1 Å². The minimum Gasteiger partial charge on any atom is -0.469 e. The third-order valence-electron chi connectivity index (χ3n) is 5.77. The van der Waals surface area contributed by atoms with Gasteiger partial charge in [-0.25, -0.2) is 0 Å². The average molecular weight is 407 g/mol. The molecule has 0 aromatic rings. The van der Waals surface area contributed by atoms with Gasteiger partial charge in [-0.15, -0.1) is 11.8 Å². The normalized spacial score (nSPS) is 29.2. The van der Waals surface area contributed by atoms with Gasteiger partial charge in [0, 0.05) is 32.1 Å². The van der Waals surface area contributed by atoms with E-state index in [0.717, 1.165) is 25.7 Å². The van der Waals surface area contributed by atoms with Crippen LogP contribution in [0.25, 0.3) is 0 Å². The van der Waals surface area contributed by atoms with Crippen LogP contribution in [0.3, 0.4) is 0 Å². The van der Waals surface area contributed by atoms with Crippen LogP contribution in [0, 0.1) is 23.7 Å². The lowest BCUT2D eigenvalue weighted by atomic mass is 9.88. The molecule has 1 heterocycles. The zero-order valence-corrected chi connectivity index (χ0v) is 17.8. The number of hydrogen-bond donors (Lipinski definition) is 1. The van der Waals surface area contributed by atoms with Gasteiger partial charge in [-0.05, 0) is 38.5 Å². The van der Waals surface area contributed by atoms with Crippen molar-refractivity contribution >= 4 is 11.9 Å². The molecule has 0 spiro atoms. The minimum absolute atomic E-state index is 0.0517. The van der Waals surface area contributed by atoms with E-state index in [2.05, 4.69) is 16.6 Å². The van der Waals surface area contributed by atoms with Crippen molar-refractivity contribution in [1.82, 2.24) is 0 Å². The van der Waals surface area contributed by atoms with Gasteiger partial charge in [0.2, 0.25) is 0 Å². The molecule has 1 saturated heterocycles. The second kappa shape index (κ2) is 12.0. The summed E-state index contributed by atoms with van der Waals surface area (Å²) in [6.45, 7) is 3.22. The van der Waals surface area contributed by atoms with Gasteiger partial charge < -0.3 is 19.3 Å². The summed E-state index contributed by atoms with van der Waals surface area (Å²) in [5.74, 6) is 5.66. The highest BCUT2D eigenvalue weighted by molar-refractivity contribution is 5.69. The Kier molecular flexibility index (Phi) is 9.69. The smallest absolute Gasteiger partial charge is 0.305 e. The van der Waals surface area contributed by atoms with E-state index in [-0.39, 0.29) is 42.1 Å². The van der Waals surface area contributed by atoms with Crippen LogP contribution in [0.1, 0.15) is 65.2 Å². The van der Waals surface area contributed by atoms with Crippen LogP contribution in [-0.4, -0.2) is 48.6 Å². The van der Waals surface area contributed by atoms with Crippen molar-refractivity contribution in [2.45, 2.75) is 89.6 Å². The van der Waals surface area contributed by atoms with Gasteiger partial charge in [-0.2, -0.15) is 0 Å². The van der Waals surface area contributed by atoms with Crippen LogP contribution in [0.5, 0.6) is 0 Å². The van der Waals surface area contributed by atoms with Crippen LogP contribution in [0.4, 0.5) is 0 Å². The van der Waals surface area contributed by atoms with E-state index >= 15 is 0 Å². The molecule has 0 radical (unpaired) electrons. The molecule has 0 aromatic heterocycles. The number of esters is 2. The fourth-order valence-corrected chi connectivity index (χ4v) is 4.39. The predicted molar refractivity (Wildman–Crippen MR) is 109 cm³/mol. The van der Waals surface area contributed by atoms with Gasteiger partial charge in [-0.1, -0.05) is 18.6 Å². The molecule has 29 heavy (non-hydrogen) atoms. The number of fused-ring (bicyclic) bond motifs is 1. The molecule has 6 atom stereocenters. The largest absolute Gasteiger partial charge is 0.469 e. The summed E-state index contributed by atoms with van der Waals surface area (Å²) in [6.07, 6.45) is 9.22. The Labute approximate surface area is 174 Å². The van der Waals surface area contributed by atoms with Crippen molar-refractivity contribution in [3.8, 4) is 11.8 Å². The lowest BCUT2D eigenvalue weighted by Gasteiger charge is -2.21. The number of aliphatic hydroxyl groups excluding tert-OH is 1. The van der Waals surface area contributed by atoms with Crippen molar-refractivity contribution < 1.29 is 28.9 Å². The third kappa shape index (κ3) is 7.49. The maximum atomic E-state index is 11.5. The lowest BCUT2D eigenvalue weighted by Crippen LogP contribution is -2.24. The molecule has 2 rings (SSSR count). The van der Waals surface area contributed by atoms with E-state index < -0.39 is 6.10 Å². The van der Waals surface area contributed by atoms with Crippen molar-refractivity contribution in [3.63, 3.8) is 0 Å². The Morgan fingerprint density at radius 3 is 2.79 bits per heavy atom. The summed E-state index contributed by atoms with van der Waals surface area (Å²) in [5.41, 5.74) is 0. The first-order valence-electron chi connectivity index (χ1n) is 10.6. The zero-order valence-electron chi connectivity index (χ0n) is 17.8. The molecule has 0 amide bonds. The predicted octanol–water partition coefficient (Wildman–Crippen LogP) is 3.17. The van der Waals surface area contributed by atoms with Crippen molar-refractivity contribution in [1.29, 1.82) is 0 Å². The minimum atomic E-state index is -0.552. The zero-order chi connectivity index (χ0) is 21.2. The molecule has 1 N–H and O–H groups in total. The van der Waals surface area contributed by atoms with Gasteiger partial charge in [0.1, 0.15) is 6.10 Å². The second-order valence-corrected chi connectivity index (χ2v) is 7.90. The lowest BCUT2D eigenvalue weighted by molar-refractivity contribution is -0.148. The van der Waals surface area contributed by atoms with E-state index in [0.29, 0.717) is 25.7 Å². The highest BCUT2D eigenvalue weighted by atomic mass is 16.6. The first kappa shape index (κ1) is 23.4. The molecule has 162 valence electrons. The Morgan fingerprint density at radius 1 is 1.31 bits per heavy atom. The van der Waals surface area contributed by atoms with Crippen molar-refractivity contribution in [2.75, 3.05) is 7.11 Å². The molecule has 2 aliphatic rings. The van der Waals surface area contributed by atoms with Crippen LogP contribution < -0.4 is 0 Å². The maximum Gasteiger partial charge on any atom is 0.305 e. The first-order chi connectivity index (χ1) is 13.9. The summed E-state index contributed by atoms with van der Waals surface area (Å²) in [6, 6.07) is 0. The fourth-order valence-electron chi connectivity index (χ4n) is 4.39. The Morgan fingerprint density at radius 2 is 2.10 bits per heavy atom. The quantitative estimate of drug-likeness (QED) is 0.260. The van der Waals surface area contributed by atoms with E-state index in [9.17, 15) is 14.7 Å². The standard InChI is InChI=1S/C23H34O6/c1-4-5-6-9-17(25)12-13-19-20-14-18(10-7-8-11-23(26)27-3)29-22(20)15-21(19)28-16(2)24/h12-13,17-22,25H,6-11,14-15H2,1-3H3/b13-12+/t17-,18-,19+,20+,21+,22-/m0/s1. The summed E-state index contributed by atoms with van der Waals surface area (Å²) in [7, 11) is 1.41. The fraction of sp³-hybridized carbons (Fsp3) is 0.739. The average Bonchev–Trinajstić information content (AvgIpc) is 3.20. The molecule has 1 aliphatic heterocycles. The number of unbranched alkanes of at least 4 members (excludes halogenated alkanes) is 1. The number of methoxy groups -OCH3 is 1. The molecule has 1 aliphatic carbocycles. The Balaban J connectivity index is 1.89. The van der Waals surface area contributed by atoms with Gasteiger partial charge in [0.25, 0.3) is 0 Å². The molecule has 6 nitrogen and oxygen atoms in total. The summed E-state index contributed by atoms with van der Waals surface area (Å²) >= 11 is 0. The van der Waals surface area contributed by atoms with Crippen molar-refractivity contribution in [3.05, 3.63) is 12.2 Å². The number of carbonyl (C=O) groups excluding carboxylic acids is 2. The number of hydrogen-bond acceptors (Lipinski definition) is 6. The summed E-state index contributed by atoms with van der Waals surface area (Å²) in [5, 5.41) is 10.2. The molecule has 6 heteroatoms. The van der Waals surface area contributed by atoms with E-state index in [4.69, 9.17) is 9.47 Å². The summed E-state index contributed by atoms with van der Waals surface area (Å²) < 4.78 is 16.4. The van der Waals surface area contributed by atoms with E-state index in [1.807, 2.05) is 12.2 Å². The van der Waals surface area contributed by atoms with Gasteiger partial charge >= 0.3 is 11.9 Å². The number of rotatable bonds is 10. The van der Waals surface area contributed by atoms with Gasteiger partial charge in [0.05, 0.1) is 25.4 Å². The maximum absolute atomic E-state index is 11.5. The number of carbonyl (C=O) groups is 2. The molecular formula is C23H34O6. The molecule has 0 unspecified atom stereocenters. The monoisotopic (exact) mass is 406 g/mol. The van der Waals surface area contributed by atoms with Crippen LogP contribution in [-0.2, 0) is 23.8 Å². The Hall–Kier alpha value is -1.84. The highest BCUT2D eigenvalue weighted by Crippen LogP contribution is 2.46. The van der Waals surface area contributed by atoms with E-state index in [1.54, 1.807) is 6.92 Å². The van der Waals surface area contributed by atoms with Gasteiger partial charge in [-0.3, -0.25) is 9.59 Å². The number of aliphatic hydroxyl groups is 1. The molecule has 0 aromatic carbocycles. The Bertz CT molecular complexity index is 631. The van der Waals surface area contributed by atoms with Crippen molar-refractivity contribution in [2.24, 2.45) is 11.8 Å². The summed E-state index contributed by atoms with van der Waals surface area (Å²) in [4.78, 5) is 22.7. The molecule has 0 bridgehead atoms. The molecule has 1 saturated carbocycles. The van der Waals surface area contributed by atoms with Crippen LogP contribution in [0.15, 0.2) is 12.2 Å². The number of ether oxygens (including phenoxy) is 3. The molecular weight excluding hydrogens is 372 g/mol. The highest BCUT2D eigenvalue weighted by Gasteiger charge is 2.49.